The van der Waals surface area contributed by atoms with E-state index in [0.29, 0.717) is 5.56 Å². The predicted molar refractivity (Wildman–Crippen MR) is 77.0 cm³/mol. The Bertz CT molecular complexity index is 526. The molecule has 0 fully saturated rings. The monoisotopic (exact) mass is 273 g/mol. The molecule has 0 N–H and O–H groups in total. The van der Waals surface area contributed by atoms with E-state index in [0.717, 1.165) is 11.4 Å². The molecule has 0 amide bonds. The van der Waals surface area contributed by atoms with E-state index in [2.05, 4.69) is 11.2 Å². The van der Waals surface area contributed by atoms with E-state index < -0.39 is 0 Å². The molecule has 0 spiro atoms. The first kappa shape index (κ1) is 13.6. The van der Waals surface area contributed by atoms with Crippen molar-refractivity contribution in [2.24, 2.45) is 0 Å². The number of pyridine rings is 1. The Kier molecular flexibility index (Phi) is 4.98. The molecule has 0 saturated heterocycles. The van der Waals surface area contributed by atoms with Gasteiger partial charge in [-0.25, -0.2) is 4.79 Å². The fraction of sp³-hybridized carbons (Fsp3) is 0.200. The van der Waals surface area contributed by atoms with Crippen molar-refractivity contribution in [1.82, 2.24) is 4.98 Å². The SMILES string of the molecule is CSCc1ccc(C(=O)OCc2ccccn2)cc1. The maximum atomic E-state index is 11.8. The number of nitrogens with zero attached hydrogens (tertiary/aromatic N) is 1. The lowest BCUT2D eigenvalue weighted by atomic mass is 10.1. The molecule has 19 heavy (non-hydrogen) atoms. The van der Waals surface area contributed by atoms with E-state index in [1.165, 1.54) is 5.56 Å². The lowest BCUT2D eigenvalue weighted by molar-refractivity contribution is 0.0468. The molecule has 0 bridgehead atoms. The van der Waals surface area contributed by atoms with Gasteiger partial charge in [0.25, 0.3) is 0 Å². The Balaban J connectivity index is 1.92. The second kappa shape index (κ2) is 6.95. The van der Waals surface area contributed by atoms with Crippen LogP contribution in [-0.4, -0.2) is 17.2 Å². The minimum absolute atomic E-state index is 0.201. The van der Waals surface area contributed by atoms with Crippen molar-refractivity contribution in [3.63, 3.8) is 0 Å². The van der Waals surface area contributed by atoms with Crippen LogP contribution in [0.4, 0.5) is 0 Å². The first-order valence-corrected chi connectivity index (χ1v) is 7.34. The molecule has 0 saturated carbocycles. The summed E-state index contributed by atoms with van der Waals surface area (Å²) in [6, 6.07) is 13.0. The van der Waals surface area contributed by atoms with Crippen molar-refractivity contribution in [2.45, 2.75) is 12.4 Å². The van der Waals surface area contributed by atoms with Crippen LogP contribution in [0.25, 0.3) is 0 Å². The van der Waals surface area contributed by atoms with Gasteiger partial charge in [0.05, 0.1) is 11.3 Å². The maximum absolute atomic E-state index is 11.8. The molecule has 0 radical (unpaired) electrons. The molecule has 1 aromatic carbocycles. The first-order valence-electron chi connectivity index (χ1n) is 5.94. The van der Waals surface area contributed by atoms with Crippen LogP contribution >= 0.6 is 11.8 Å². The molecular weight excluding hydrogens is 258 g/mol. The van der Waals surface area contributed by atoms with Gasteiger partial charge in [0, 0.05) is 11.9 Å². The van der Waals surface area contributed by atoms with Crippen LogP contribution in [0.1, 0.15) is 21.6 Å². The van der Waals surface area contributed by atoms with Crippen molar-refractivity contribution in [3.8, 4) is 0 Å². The van der Waals surface area contributed by atoms with Gasteiger partial charge in [-0.1, -0.05) is 18.2 Å². The molecule has 1 heterocycles. The largest absolute Gasteiger partial charge is 0.456 e. The van der Waals surface area contributed by atoms with Crippen LogP contribution in [-0.2, 0) is 17.1 Å². The van der Waals surface area contributed by atoms with Crippen LogP contribution in [0.2, 0.25) is 0 Å². The molecule has 0 atom stereocenters. The Morgan fingerprint density at radius 1 is 1.21 bits per heavy atom. The lowest BCUT2D eigenvalue weighted by Gasteiger charge is -2.05. The summed E-state index contributed by atoms with van der Waals surface area (Å²) in [5, 5.41) is 0. The summed E-state index contributed by atoms with van der Waals surface area (Å²) in [5.41, 5.74) is 2.52. The third-order valence-electron chi connectivity index (χ3n) is 2.58. The lowest BCUT2D eigenvalue weighted by Crippen LogP contribution is -2.06. The minimum Gasteiger partial charge on any atom is -0.456 e. The summed E-state index contributed by atoms with van der Waals surface area (Å²) >= 11 is 1.75. The standard InChI is InChI=1S/C15H15NO2S/c1-19-11-12-5-7-13(8-6-12)15(17)18-10-14-4-2-3-9-16-14/h2-9H,10-11H2,1H3. The number of hydrogen-bond donors (Lipinski definition) is 0. The van der Waals surface area contributed by atoms with Crippen molar-refractivity contribution < 1.29 is 9.53 Å². The van der Waals surface area contributed by atoms with Crippen LogP contribution in [0.5, 0.6) is 0 Å². The first-order chi connectivity index (χ1) is 9.29. The van der Waals surface area contributed by atoms with Gasteiger partial charge in [0.2, 0.25) is 0 Å². The highest BCUT2D eigenvalue weighted by Gasteiger charge is 2.07. The third kappa shape index (κ3) is 4.10. The van der Waals surface area contributed by atoms with Gasteiger partial charge in [0.1, 0.15) is 6.61 Å². The Labute approximate surface area is 117 Å². The quantitative estimate of drug-likeness (QED) is 0.784. The molecule has 1 aromatic heterocycles. The van der Waals surface area contributed by atoms with E-state index in [-0.39, 0.29) is 12.6 Å². The summed E-state index contributed by atoms with van der Waals surface area (Å²) in [6.07, 6.45) is 3.73. The highest BCUT2D eigenvalue weighted by Crippen LogP contribution is 2.11. The van der Waals surface area contributed by atoms with Gasteiger partial charge >= 0.3 is 5.97 Å². The summed E-state index contributed by atoms with van der Waals surface area (Å²) in [5.74, 6) is 0.629. The van der Waals surface area contributed by atoms with Gasteiger partial charge in [-0.2, -0.15) is 11.8 Å². The van der Waals surface area contributed by atoms with Crippen LogP contribution in [0.15, 0.2) is 48.7 Å². The van der Waals surface area contributed by atoms with E-state index in [1.54, 1.807) is 30.1 Å². The number of aromatic nitrogens is 1. The second-order valence-corrected chi connectivity index (χ2v) is 4.89. The number of benzene rings is 1. The summed E-state index contributed by atoms with van der Waals surface area (Å²) in [6.45, 7) is 0.201. The fourth-order valence-electron chi connectivity index (χ4n) is 1.61. The summed E-state index contributed by atoms with van der Waals surface area (Å²) in [7, 11) is 0. The fourth-order valence-corrected chi connectivity index (χ4v) is 2.14. The third-order valence-corrected chi connectivity index (χ3v) is 3.20. The second-order valence-electron chi connectivity index (χ2n) is 4.03. The van der Waals surface area contributed by atoms with E-state index in [4.69, 9.17) is 4.74 Å². The molecule has 0 aliphatic rings. The zero-order chi connectivity index (χ0) is 13.5. The number of rotatable bonds is 5. The normalized spacial score (nSPS) is 10.2. The van der Waals surface area contributed by atoms with Gasteiger partial charge in [0.15, 0.2) is 0 Å². The Morgan fingerprint density at radius 2 is 2.00 bits per heavy atom. The highest BCUT2D eigenvalue weighted by molar-refractivity contribution is 7.97. The number of carbonyl (C=O) groups excluding carboxylic acids is 1. The number of ether oxygens (including phenoxy) is 1. The number of esters is 1. The van der Waals surface area contributed by atoms with E-state index in [9.17, 15) is 4.79 Å². The molecule has 0 unspecified atom stereocenters. The van der Waals surface area contributed by atoms with E-state index >= 15 is 0 Å². The molecule has 98 valence electrons. The van der Waals surface area contributed by atoms with E-state index in [1.807, 2.05) is 30.3 Å². The Hall–Kier alpha value is -1.81. The van der Waals surface area contributed by atoms with Crippen molar-refractivity contribution in [3.05, 3.63) is 65.5 Å². The zero-order valence-electron chi connectivity index (χ0n) is 10.7. The smallest absolute Gasteiger partial charge is 0.338 e. The van der Waals surface area contributed by atoms with Gasteiger partial charge in [-0.15, -0.1) is 0 Å². The Morgan fingerprint density at radius 3 is 2.63 bits per heavy atom. The molecule has 0 aliphatic carbocycles. The van der Waals surface area contributed by atoms with Crippen molar-refractivity contribution in [2.75, 3.05) is 6.26 Å². The molecule has 0 aliphatic heterocycles. The topological polar surface area (TPSA) is 39.2 Å². The summed E-state index contributed by atoms with van der Waals surface area (Å²) in [4.78, 5) is 15.9. The van der Waals surface area contributed by atoms with Crippen LogP contribution < -0.4 is 0 Å². The highest BCUT2D eigenvalue weighted by atomic mass is 32.2. The molecule has 4 heteroatoms. The van der Waals surface area contributed by atoms with Gasteiger partial charge in [-0.3, -0.25) is 4.98 Å². The molecule has 3 nitrogen and oxygen atoms in total. The minimum atomic E-state index is -0.318. The zero-order valence-corrected chi connectivity index (χ0v) is 11.5. The van der Waals surface area contributed by atoms with Crippen LogP contribution in [0.3, 0.4) is 0 Å². The number of thioether (sulfide) groups is 1. The summed E-state index contributed by atoms with van der Waals surface area (Å²) < 4.78 is 5.21. The average Bonchev–Trinajstić information content (AvgIpc) is 2.47. The number of hydrogen-bond acceptors (Lipinski definition) is 4. The average molecular weight is 273 g/mol. The number of carbonyl (C=O) groups is 1. The predicted octanol–water partition coefficient (Wildman–Crippen LogP) is 3.30. The molecule has 2 rings (SSSR count). The van der Waals surface area contributed by atoms with Crippen molar-refractivity contribution >= 4 is 17.7 Å². The maximum Gasteiger partial charge on any atom is 0.338 e. The van der Waals surface area contributed by atoms with Gasteiger partial charge in [-0.05, 0) is 36.1 Å². The van der Waals surface area contributed by atoms with Gasteiger partial charge < -0.3 is 4.74 Å². The van der Waals surface area contributed by atoms with Crippen molar-refractivity contribution in [1.29, 1.82) is 0 Å². The van der Waals surface area contributed by atoms with Crippen LogP contribution in [0, 0.1) is 0 Å². The molecular formula is C15H15NO2S. The molecule has 2 aromatic rings.